The summed E-state index contributed by atoms with van der Waals surface area (Å²) in [5.74, 6) is 0.767. The van der Waals surface area contributed by atoms with Crippen LogP contribution in [0.5, 0.6) is 0 Å². The fourth-order valence-corrected chi connectivity index (χ4v) is 4.89. The zero-order valence-electron chi connectivity index (χ0n) is 20.8. The summed E-state index contributed by atoms with van der Waals surface area (Å²) in [5.41, 5.74) is 2.00. The standard InChI is InChI=1S/C26H34F3N5O/c1-17-5-10-21-22(17)23(31-16-30-21)33-11-13-34(14-12-33)24(35)20(15-32-25(2,3)4)18-6-8-19(9-7-18)26(27,28)29/h6-9,16-17,20,32H,5,10-15H2,1-4H3/t17-,20-/m1/s1. The minimum absolute atomic E-state index is 0.0672. The molecule has 2 aromatic rings. The summed E-state index contributed by atoms with van der Waals surface area (Å²) in [5, 5.41) is 3.36. The number of carbonyl (C=O) groups excluding carboxylic acids is 1. The molecule has 1 aliphatic carbocycles. The molecule has 0 radical (unpaired) electrons. The van der Waals surface area contributed by atoms with E-state index in [0.717, 1.165) is 36.5 Å². The monoisotopic (exact) mass is 489 g/mol. The van der Waals surface area contributed by atoms with E-state index in [1.165, 1.54) is 17.7 Å². The molecule has 0 unspecified atom stereocenters. The average Bonchev–Trinajstić information content (AvgIpc) is 3.19. The number of anilines is 1. The third-order valence-corrected chi connectivity index (χ3v) is 6.92. The van der Waals surface area contributed by atoms with Crippen molar-refractivity contribution in [3.8, 4) is 0 Å². The Balaban J connectivity index is 1.49. The molecule has 1 aliphatic heterocycles. The number of carbonyl (C=O) groups is 1. The van der Waals surface area contributed by atoms with Crippen LogP contribution in [-0.4, -0.2) is 59.0 Å². The fourth-order valence-electron chi connectivity index (χ4n) is 4.89. The highest BCUT2D eigenvalue weighted by molar-refractivity contribution is 5.84. The van der Waals surface area contributed by atoms with Crippen molar-refractivity contribution in [1.82, 2.24) is 20.2 Å². The largest absolute Gasteiger partial charge is 0.416 e. The van der Waals surface area contributed by atoms with Gasteiger partial charge in [0.15, 0.2) is 0 Å². The van der Waals surface area contributed by atoms with Crippen molar-refractivity contribution in [3.05, 3.63) is 53.0 Å². The number of nitrogens with one attached hydrogen (secondary N) is 1. The van der Waals surface area contributed by atoms with Crippen LogP contribution in [-0.2, 0) is 17.4 Å². The predicted octanol–water partition coefficient (Wildman–Crippen LogP) is 4.37. The Kier molecular flexibility index (Phi) is 7.09. The summed E-state index contributed by atoms with van der Waals surface area (Å²) >= 11 is 0. The molecule has 4 rings (SSSR count). The summed E-state index contributed by atoms with van der Waals surface area (Å²) in [6.45, 7) is 11.0. The second-order valence-corrected chi connectivity index (χ2v) is 10.6. The molecule has 0 spiro atoms. The number of halogens is 3. The number of amides is 1. The SMILES string of the molecule is C[C@@H]1CCc2ncnc(N3CCN(C(=O)[C@H](CNC(C)(C)C)c4ccc(C(F)(F)F)cc4)CC3)c21. The molecule has 35 heavy (non-hydrogen) atoms. The molecule has 9 heteroatoms. The van der Waals surface area contributed by atoms with Crippen LogP contribution in [0, 0.1) is 0 Å². The normalized spacial score (nSPS) is 19.6. The van der Waals surface area contributed by atoms with Crippen LogP contribution < -0.4 is 10.2 Å². The lowest BCUT2D eigenvalue weighted by molar-refractivity contribution is -0.137. The number of benzene rings is 1. The Labute approximate surface area is 204 Å². The van der Waals surface area contributed by atoms with Gasteiger partial charge in [-0.2, -0.15) is 13.2 Å². The summed E-state index contributed by atoms with van der Waals surface area (Å²) in [4.78, 5) is 26.7. The number of rotatable bonds is 5. The maximum atomic E-state index is 13.6. The zero-order chi connectivity index (χ0) is 25.4. The number of aryl methyl sites for hydroxylation is 1. The van der Waals surface area contributed by atoms with Gasteiger partial charge in [-0.25, -0.2) is 9.97 Å². The average molecular weight is 490 g/mol. The third-order valence-electron chi connectivity index (χ3n) is 6.92. The van der Waals surface area contributed by atoms with Crippen molar-refractivity contribution in [3.63, 3.8) is 0 Å². The zero-order valence-corrected chi connectivity index (χ0v) is 20.8. The topological polar surface area (TPSA) is 61.4 Å². The van der Waals surface area contributed by atoms with Crippen LogP contribution >= 0.6 is 0 Å². The molecule has 0 bridgehead atoms. The first-order valence-corrected chi connectivity index (χ1v) is 12.2. The Hall–Kier alpha value is -2.68. The Bertz CT molecular complexity index is 1040. The van der Waals surface area contributed by atoms with E-state index < -0.39 is 17.7 Å². The van der Waals surface area contributed by atoms with Crippen molar-refractivity contribution in [2.24, 2.45) is 0 Å². The molecule has 1 aromatic carbocycles. The van der Waals surface area contributed by atoms with Gasteiger partial charge in [0.05, 0.1) is 11.5 Å². The van der Waals surface area contributed by atoms with Gasteiger partial charge in [-0.15, -0.1) is 0 Å². The van der Waals surface area contributed by atoms with E-state index in [-0.39, 0.29) is 11.4 Å². The summed E-state index contributed by atoms with van der Waals surface area (Å²) in [7, 11) is 0. The lowest BCUT2D eigenvalue weighted by atomic mass is 9.94. The fraction of sp³-hybridized carbons (Fsp3) is 0.577. The Morgan fingerprint density at radius 2 is 1.74 bits per heavy atom. The number of hydrogen-bond donors (Lipinski definition) is 1. The van der Waals surface area contributed by atoms with E-state index in [1.807, 2.05) is 25.7 Å². The number of fused-ring (bicyclic) bond motifs is 1. The summed E-state index contributed by atoms with van der Waals surface area (Å²) < 4.78 is 39.2. The van der Waals surface area contributed by atoms with Gasteiger partial charge in [0.25, 0.3) is 0 Å². The van der Waals surface area contributed by atoms with Gasteiger partial charge >= 0.3 is 6.18 Å². The number of piperazine rings is 1. The van der Waals surface area contributed by atoms with Crippen LogP contribution in [0.4, 0.5) is 19.0 Å². The molecular weight excluding hydrogens is 455 g/mol. The van der Waals surface area contributed by atoms with Crippen LogP contribution in [0.2, 0.25) is 0 Å². The second kappa shape index (κ2) is 9.76. The van der Waals surface area contributed by atoms with Crippen LogP contribution in [0.3, 0.4) is 0 Å². The molecule has 1 N–H and O–H groups in total. The van der Waals surface area contributed by atoms with Gasteiger partial charge in [0.1, 0.15) is 12.1 Å². The quantitative estimate of drug-likeness (QED) is 0.676. The van der Waals surface area contributed by atoms with Crippen molar-refractivity contribution < 1.29 is 18.0 Å². The first kappa shape index (κ1) is 25.4. The first-order chi connectivity index (χ1) is 16.4. The first-order valence-electron chi connectivity index (χ1n) is 12.2. The van der Waals surface area contributed by atoms with Gasteiger partial charge in [0, 0.05) is 49.5 Å². The highest BCUT2D eigenvalue weighted by atomic mass is 19.4. The third kappa shape index (κ3) is 5.77. The number of hydrogen-bond acceptors (Lipinski definition) is 5. The highest BCUT2D eigenvalue weighted by Crippen LogP contribution is 2.37. The van der Waals surface area contributed by atoms with Gasteiger partial charge < -0.3 is 15.1 Å². The van der Waals surface area contributed by atoms with Gasteiger partial charge in [0.2, 0.25) is 5.91 Å². The molecule has 1 amide bonds. The maximum Gasteiger partial charge on any atom is 0.416 e. The van der Waals surface area contributed by atoms with Crippen molar-refractivity contribution in [2.75, 3.05) is 37.6 Å². The molecule has 1 fully saturated rings. The lowest BCUT2D eigenvalue weighted by Crippen LogP contribution is -2.52. The number of nitrogens with zero attached hydrogens (tertiary/aromatic N) is 4. The molecule has 2 heterocycles. The van der Waals surface area contributed by atoms with E-state index in [4.69, 9.17) is 0 Å². The van der Waals surface area contributed by atoms with Crippen molar-refractivity contribution >= 4 is 11.7 Å². The van der Waals surface area contributed by atoms with Crippen molar-refractivity contribution in [2.45, 2.75) is 64.1 Å². The van der Waals surface area contributed by atoms with Gasteiger partial charge in [-0.1, -0.05) is 19.1 Å². The molecule has 190 valence electrons. The molecule has 2 atom stereocenters. The number of alkyl halides is 3. The van der Waals surface area contributed by atoms with E-state index in [1.54, 1.807) is 6.33 Å². The van der Waals surface area contributed by atoms with Crippen molar-refractivity contribution in [1.29, 1.82) is 0 Å². The van der Waals surface area contributed by atoms with E-state index in [2.05, 4.69) is 27.1 Å². The van der Waals surface area contributed by atoms with Gasteiger partial charge in [-0.05, 0) is 57.2 Å². The van der Waals surface area contributed by atoms with Crippen LogP contribution in [0.15, 0.2) is 30.6 Å². The predicted molar refractivity (Wildman–Crippen MR) is 130 cm³/mol. The highest BCUT2D eigenvalue weighted by Gasteiger charge is 2.34. The molecule has 1 aromatic heterocycles. The number of aromatic nitrogens is 2. The second-order valence-electron chi connectivity index (χ2n) is 10.6. The van der Waals surface area contributed by atoms with E-state index >= 15 is 0 Å². The maximum absolute atomic E-state index is 13.6. The van der Waals surface area contributed by atoms with E-state index in [0.29, 0.717) is 44.2 Å². The summed E-state index contributed by atoms with van der Waals surface area (Å²) in [6.07, 6.45) is -0.728. The molecule has 6 nitrogen and oxygen atoms in total. The summed E-state index contributed by atoms with van der Waals surface area (Å²) in [6, 6.07) is 4.97. The van der Waals surface area contributed by atoms with Gasteiger partial charge in [-0.3, -0.25) is 4.79 Å². The Morgan fingerprint density at radius 1 is 1.09 bits per heavy atom. The minimum Gasteiger partial charge on any atom is -0.353 e. The van der Waals surface area contributed by atoms with Crippen LogP contribution in [0.25, 0.3) is 0 Å². The molecular formula is C26H34F3N5O. The van der Waals surface area contributed by atoms with Crippen LogP contribution in [0.1, 0.15) is 68.3 Å². The lowest BCUT2D eigenvalue weighted by Gasteiger charge is -2.38. The smallest absolute Gasteiger partial charge is 0.353 e. The molecule has 1 saturated heterocycles. The molecule has 2 aliphatic rings. The molecule has 0 saturated carbocycles. The Morgan fingerprint density at radius 3 is 2.34 bits per heavy atom. The van der Waals surface area contributed by atoms with E-state index in [9.17, 15) is 18.0 Å². The minimum atomic E-state index is -4.41.